The van der Waals surface area contributed by atoms with Crippen LogP contribution in [0, 0.1) is 0 Å². The molecule has 0 spiro atoms. The summed E-state index contributed by atoms with van der Waals surface area (Å²) >= 11 is 12.4. The van der Waals surface area contributed by atoms with E-state index in [0.717, 1.165) is 0 Å². The number of esters is 1. The Kier molecular flexibility index (Phi) is 7.90. The number of hydrogen-bond donors (Lipinski definition) is 1. The molecular weight excluding hydrogens is 453 g/mol. The minimum atomic E-state index is -0.541. The Hall–Kier alpha value is -2.87. The van der Waals surface area contributed by atoms with Gasteiger partial charge in [0.25, 0.3) is 5.91 Å². The lowest BCUT2D eigenvalue weighted by molar-refractivity contribution is 0.0518. The number of nitrogens with one attached hydrogen (secondary N) is 1. The van der Waals surface area contributed by atoms with Gasteiger partial charge in [0, 0.05) is 29.3 Å². The monoisotopic (exact) mass is 475 g/mol. The van der Waals surface area contributed by atoms with Crippen LogP contribution in [0.1, 0.15) is 34.7 Å². The van der Waals surface area contributed by atoms with Gasteiger partial charge in [-0.3, -0.25) is 4.79 Å². The summed E-state index contributed by atoms with van der Waals surface area (Å²) in [5.41, 5.74) is 2.50. The highest BCUT2D eigenvalue weighted by Gasteiger charge is 2.20. The van der Waals surface area contributed by atoms with E-state index >= 15 is 0 Å². The van der Waals surface area contributed by atoms with E-state index in [-0.39, 0.29) is 24.2 Å². The van der Waals surface area contributed by atoms with E-state index in [1.54, 1.807) is 67.2 Å². The molecule has 0 aliphatic carbocycles. The van der Waals surface area contributed by atoms with Crippen molar-refractivity contribution >= 4 is 35.1 Å². The lowest BCUT2D eigenvalue weighted by Crippen LogP contribution is -2.35. The van der Waals surface area contributed by atoms with Crippen molar-refractivity contribution in [3.05, 3.63) is 69.8 Å². The Morgan fingerprint density at radius 3 is 2.47 bits per heavy atom. The number of benzene rings is 2. The van der Waals surface area contributed by atoms with Crippen molar-refractivity contribution in [2.45, 2.75) is 19.9 Å². The number of nitrogens with zero attached hydrogens (tertiary/aromatic N) is 2. The summed E-state index contributed by atoms with van der Waals surface area (Å²) in [5.74, 6) is -0.754. The highest BCUT2D eigenvalue weighted by Crippen LogP contribution is 2.32. The summed E-state index contributed by atoms with van der Waals surface area (Å²) in [4.78, 5) is 24.7. The highest BCUT2D eigenvalue weighted by atomic mass is 35.5. The van der Waals surface area contributed by atoms with Crippen molar-refractivity contribution in [3.8, 4) is 16.9 Å². The predicted octanol–water partition coefficient (Wildman–Crippen LogP) is 4.79. The first-order valence-electron chi connectivity index (χ1n) is 9.96. The van der Waals surface area contributed by atoms with E-state index in [4.69, 9.17) is 32.7 Å². The number of aromatic nitrogens is 2. The molecule has 3 rings (SSSR count). The molecule has 0 fully saturated rings. The van der Waals surface area contributed by atoms with Gasteiger partial charge in [-0.2, -0.15) is 5.10 Å². The van der Waals surface area contributed by atoms with Crippen LogP contribution < -0.4 is 5.32 Å². The third-order valence-electron chi connectivity index (χ3n) is 4.57. The quantitative estimate of drug-likeness (QED) is 0.473. The second-order valence-corrected chi connectivity index (χ2v) is 7.89. The molecule has 3 aromatic rings. The highest BCUT2D eigenvalue weighted by molar-refractivity contribution is 6.36. The summed E-state index contributed by atoms with van der Waals surface area (Å²) < 4.78 is 11.7. The Bertz CT molecular complexity index is 1110. The number of amides is 1. The van der Waals surface area contributed by atoms with E-state index in [0.29, 0.717) is 39.2 Å². The smallest absolute Gasteiger partial charge is 0.358 e. The SMILES string of the molecule is CCOC(=O)c1cc(-c2ccc(Cl)cc2Cl)n(-c2ccc(C(=O)N[C@H](C)COC)cc2)n1. The molecule has 9 heteroatoms. The minimum absolute atomic E-state index is 0.121. The van der Waals surface area contributed by atoms with Crippen molar-refractivity contribution in [2.75, 3.05) is 20.3 Å². The normalized spacial score (nSPS) is 11.8. The maximum Gasteiger partial charge on any atom is 0.358 e. The molecule has 32 heavy (non-hydrogen) atoms. The van der Waals surface area contributed by atoms with Crippen LogP contribution in [-0.4, -0.2) is 48.0 Å². The van der Waals surface area contributed by atoms with E-state index in [9.17, 15) is 9.59 Å². The van der Waals surface area contributed by atoms with Gasteiger partial charge in [-0.15, -0.1) is 0 Å². The van der Waals surface area contributed by atoms with Crippen molar-refractivity contribution in [1.29, 1.82) is 0 Å². The molecule has 1 N–H and O–H groups in total. The average Bonchev–Trinajstić information content (AvgIpc) is 3.19. The molecule has 7 nitrogen and oxygen atoms in total. The van der Waals surface area contributed by atoms with Gasteiger partial charge < -0.3 is 14.8 Å². The fourth-order valence-corrected chi connectivity index (χ4v) is 3.63. The minimum Gasteiger partial charge on any atom is -0.461 e. The largest absolute Gasteiger partial charge is 0.461 e. The zero-order valence-electron chi connectivity index (χ0n) is 17.9. The van der Waals surface area contributed by atoms with E-state index in [2.05, 4.69) is 10.4 Å². The first-order valence-corrected chi connectivity index (χ1v) is 10.7. The first kappa shape index (κ1) is 23.8. The summed E-state index contributed by atoms with van der Waals surface area (Å²) in [6.07, 6.45) is 0. The summed E-state index contributed by atoms with van der Waals surface area (Å²) in [6, 6.07) is 13.4. The Balaban J connectivity index is 1.99. The van der Waals surface area contributed by atoms with Crippen molar-refractivity contribution in [1.82, 2.24) is 15.1 Å². The van der Waals surface area contributed by atoms with Crippen LogP contribution in [-0.2, 0) is 9.47 Å². The van der Waals surface area contributed by atoms with Gasteiger partial charge in [-0.05, 0) is 62.4 Å². The van der Waals surface area contributed by atoms with Gasteiger partial charge in [0.2, 0.25) is 0 Å². The molecule has 0 saturated heterocycles. The number of carbonyl (C=O) groups excluding carboxylic acids is 2. The molecule has 1 heterocycles. The van der Waals surface area contributed by atoms with E-state index in [1.165, 1.54) is 0 Å². The third-order valence-corrected chi connectivity index (χ3v) is 5.12. The number of carbonyl (C=O) groups is 2. The van der Waals surface area contributed by atoms with Crippen molar-refractivity contribution in [2.24, 2.45) is 0 Å². The molecule has 0 bridgehead atoms. The maximum atomic E-state index is 12.4. The lowest BCUT2D eigenvalue weighted by atomic mass is 10.1. The number of ether oxygens (including phenoxy) is 2. The van der Waals surface area contributed by atoms with Gasteiger partial charge in [0.1, 0.15) is 0 Å². The van der Waals surface area contributed by atoms with Crippen molar-refractivity contribution < 1.29 is 19.1 Å². The molecule has 1 aromatic heterocycles. The Labute approximate surface area is 196 Å². The molecule has 2 aromatic carbocycles. The van der Waals surface area contributed by atoms with Gasteiger partial charge in [0.05, 0.1) is 29.6 Å². The van der Waals surface area contributed by atoms with Gasteiger partial charge in [-0.25, -0.2) is 9.48 Å². The van der Waals surface area contributed by atoms with E-state index < -0.39 is 5.97 Å². The van der Waals surface area contributed by atoms with Crippen LogP contribution in [0.3, 0.4) is 0 Å². The fourth-order valence-electron chi connectivity index (χ4n) is 3.12. The van der Waals surface area contributed by atoms with Crippen LogP contribution in [0.15, 0.2) is 48.5 Å². The second kappa shape index (κ2) is 10.6. The summed E-state index contributed by atoms with van der Waals surface area (Å²) in [6.45, 7) is 4.23. The Morgan fingerprint density at radius 1 is 1.12 bits per heavy atom. The molecule has 1 atom stereocenters. The number of hydrogen-bond acceptors (Lipinski definition) is 5. The molecule has 0 saturated carbocycles. The maximum absolute atomic E-state index is 12.4. The van der Waals surface area contributed by atoms with Crippen molar-refractivity contribution in [3.63, 3.8) is 0 Å². The first-order chi connectivity index (χ1) is 15.3. The van der Waals surface area contributed by atoms with Crippen LogP contribution in [0.5, 0.6) is 0 Å². The van der Waals surface area contributed by atoms with Gasteiger partial charge in [-0.1, -0.05) is 23.2 Å². The van der Waals surface area contributed by atoms with Crippen LogP contribution in [0.25, 0.3) is 16.9 Å². The van der Waals surface area contributed by atoms with Crippen LogP contribution in [0.2, 0.25) is 10.0 Å². The van der Waals surface area contributed by atoms with Gasteiger partial charge >= 0.3 is 5.97 Å². The molecule has 168 valence electrons. The molecule has 0 aliphatic heterocycles. The number of rotatable bonds is 8. The van der Waals surface area contributed by atoms with Gasteiger partial charge in [0.15, 0.2) is 5.69 Å². The topological polar surface area (TPSA) is 82.5 Å². The second-order valence-electron chi connectivity index (χ2n) is 7.05. The van der Waals surface area contributed by atoms with Crippen LogP contribution >= 0.6 is 23.2 Å². The predicted molar refractivity (Wildman–Crippen MR) is 124 cm³/mol. The molecular formula is C23H23Cl2N3O4. The molecule has 0 unspecified atom stereocenters. The zero-order chi connectivity index (χ0) is 23.3. The summed E-state index contributed by atoms with van der Waals surface area (Å²) in [5, 5.41) is 8.19. The fraction of sp³-hybridized carbons (Fsp3) is 0.261. The average molecular weight is 476 g/mol. The summed E-state index contributed by atoms with van der Waals surface area (Å²) in [7, 11) is 1.58. The molecule has 0 radical (unpaired) electrons. The zero-order valence-corrected chi connectivity index (χ0v) is 19.4. The third kappa shape index (κ3) is 5.48. The number of methoxy groups -OCH3 is 1. The lowest BCUT2D eigenvalue weighted by Gasteiger charge is -2.13. The van der Waals surface area contributed by atoms with Crippen LogP contribution in [0.4, 0.5) is 0 Å². The number of halogens is 2. The molecule has 1 amide bonds. The Morgan fingerprint density at radius 2 is 1.84 bits per heavy atom. The standard InChI is InChI=1S/C23H23Cl2N3O4/c1-4-32-23(30)20-12-21(18-10-7-16(24)11-19(18)25)28(27-20)17-8-5-15(6-9-17)22(29)26-14(2)13-31-3/h5-12,14H,4,13H2,1-3H3,(H,26,29)/t14-/m1/s1. The molecule has 0 aliphatic rings. The van der Waals surface area contributed by atoms with E-state index in [1.807, 2.05) is 6.92 Å².